The first-order valence-corrected chi connectivity index (χ1v) is 4.28. The molecule has 0 spiro atoms. The molecule has 1 atom stereocenters. The van der Waals surface area contributed by atoms with E-state index in [9.17, 15) is 0 Å². The molecule has 0 aliphatic heterocycles. The molecule has 68 valence electrons. The van der Waals surface area contributed by atoms with Crippen LogP contribution in [-0.4, -0.2) is 18.7 Å². The van der Waals surface area contributed by atoms with Crippen LogP contribution in [0.2, 0.25) is 0 Å². The minimum Gasteiger partial charge on any atom is -0.214 e. The first kappa shape index (κ1) is 10.9. The van der Waals surface area contributed by atoms with Crippen LogP contribution in [0.5, 0.6) is 0 Å². The summed E-state index contributed by atoms with van der Waals surface area (Å²) in [6, 6.07) is 0. The second-order valence-corrected chi connectivity index (χ2v) is 3.11. The minimum atomic E-state index is 0.821. The predicted molar refractivity (Wildman–Crippen MR) is 46.6 cm³/mol. The summed E-state index contributed by atoms with van der Waals surface area (Å²) in [5, 5.41) is 1.66. The van der Waals surface area contributed by atoms with E-state index in [1.165, 1.54) is 12.8 Å². The highest BCUT2D eigenvalue weighted by molar-refractivity contribution is 4.50. The third kappa shape index (κ3) is 6.28. The van der Waals surface area contributed by atoms with Crippen molar-refractivity contribution in [1.82, 2.24) is 5.06 Å². The van der Waals surface area contributed by atoms with Gasteiger partial charge in [0.15, 0.2) is 0 Å². The Labute approximate surface area is 69.4 Å². The number of hydrogen-bond acceptors (Lipinski definition) is 3. The maximum Gasteiger partial charge on any atom is 0.0256 e. The number of hydroxylamine groups is 2. The lowest BCUT2D eigenvalue weighted by molar-refractivity contribution is -0.144. The summed E-state index contributed by atoms with van der Waals surface area (Å²) in [5.74, 6) is 5.77. The van der Waals surface area contributed by atoms with Crippen LogP contribution in [0.4, 0.5) is 0 Å². The molecule has 0 aliphatic rings. The van der Waals surface area contributed by atoms with Crippen LogP contribution in [0, 0.1) is 5.92 Å². The van der Waals surface area contributed by atoms with Crippen LogP contribution >= 0.6 is 0 Å². The fraction of sp³-hybridized carbons (Fsp3) is 1.00. The zero-order chi connectivity index (χ0) is 8.69. The molecule has 3 heteroatoms. The topological polar surface area (TPSA) is 38.5 Å². The molecule has 0 aromatic rings. The van der Waals surface area contributed by atoms with E-state index < -0.39 is 0 Å². The molecular formula is C8H20N2O. The van der Waals surface area contributed by atoms with Gasteiger partial charge in [0, 0.05) is 13.6 Å². The van der Waals surface area contributed by atoms with E-state index in [0.29, 0.717) is 0 Å². The molecule has 1 unspecified atom stereocenters. The monoisotopic (exact) mass is 160 g/mol. The van der Waals surface area contributed by atoms with Gasteiger partial charge in [-0.15, -0.1) is 0 Å². The van der Waals surface area contributed by atoms with Crippen molar-refractivity contribution in [2.24, 2.45) is 11.8 Å². The Bertz CT molecular complexity index is 78.2. The van der Waals surface area contributed by atoms with E-state index in [0.717, 1.165) is 18.9 Å². The molecule has 0 radical (unpaired) electrons. The second-order valence-electron chi connectivity index (χ2n) is 3.11. The predicted octanol–water partition coefficient (Wildman–Crippen LogP) is 1.55. The highest BCUT2D eigenvalue weighted by Crippen LogP contribution is 2.08. The van der Waals surface area contributed by atoms with Gasteiger partial charge in [-0.2, -0.15) is 11.0 Å². The second kappa shape index (κ2) is 6.58. The Morgan fingerprint density at radius 1 is 1.55 bits per heavy atom. The first-order valence-electron chi connectivity index (χ1n) is 4.28. The average molecular weight is 160 g/mol. The Morgan fingerprint density at radius 2 is 2.18 bits per heavy atom. The van der Waals surface area contributed by atoms with Gasteiger partial charge in [0.05, 0.1) is 0 Å². The zero-order valence-electron chi connectivity index (χ0n) is 7.84. The van der Waals surface area contributed by atoms with Crippen LogP contribution in [0.3, 0.4) is 0 Å². The molecule has 0 amide bonds. The van der Waals surface area contributed by atoms with Crippen LogP contribution < -0.4 is 5.90 Å². The summed E-state index contributed by atoms with van der Waals surface area (Å²) < 4.78 is 0. The molecule has 2 N–H and O–H groups in total. The molecule has 0 aromatic heterocycles. The van der Waals surface area contributed by atoms with Gasteiger partial charge in [-0.25, -0.2) is 4.94 Å². The fourth-order valence-electron chi connectivity index (χ4n) is 0.919. The molecule has 11 heavy (non-hydrogen) atoms. The van der Waals surface area contributed by atoms with Crippen LogP contribution in [0.1, 0.15) is 33.1 Å². The summed E-state index contributed by atoms with van der Waals surface area (Å²) >= 11 is 0. The molecule has 0 fully saturated rings. The zero-order valence-corrected chi connectivity index (χ0v) is 7.84. The lowest BCUT2D eigenvalue weighted by Gasteiger charge is -2.13. The lowest BCUT2D eigenvalue weighted by Crippen LogP contribution is -2.24. The Hall–Kier alpha value is -0.120. The van der Waals surface area contributed by atoms with E-state index in [1.807, 2.05) is 7.05 Å². The quantitative estimate of drug-likeness (QED) is 0.599. The van der Waals surface area contributed by atoms with Gasteiger partial charge in [-0.05, 0) is 18.8 Å². The Morgan fingerprint density at radius 3 is 2.64 bits per heavy atom. The van der Waals surface area contributed by atoms with Crippen molar-refractivity contribution in [3.63, 3.8) is 0 Å². The summed E-state index contributed by atoms with van der Waals surface area (Å²) in [5.41, 5.74) is 0. The third-order valence-electron chi connectivity index (χ3n) is 2.05. The molecule has 0 saturated heterocycles. The van der Waals surface area contributed by atoms with E-state index in [4.69, 9.17) is 5.90 Å². The largest absolute Gasteiger partial charge is 0.214 e. The van der Waals surface area contributed by atoms with Gasteiger partial charge in [0.1, 0.15) is 0 Å². The maximum absolute atomic E-state index is 4.95. The fourth-order valence-corrected chi connectivity index (χ4v) is 0.919. The molecule has 0 aromatic carbocycles. The Balaban J connectivity index is 3.13. The van der Waals surface area contributed by atoms with Crippen molar-refractivity contribution in [3.8, 4) is 0 Å². The molecular weight excluding hydrogens is 140 g/mol. The number of nitrogens with zero attached hydrogens (tertiary/aromatic N) is 1. The summed E-state index contributed by atoms with van der Waals surface area (Å²) in [7, 11) is 1.84. The minimum absolute atomic E-state index is 0.821. The van der Waals surface area contributed by atoms with Gasteiger partial charge in [-0.1, -0.05) is 20.3 Å². The molecule has 0 heterocycles. The molecule has 0 aliphatic carbocycles. The number of rotatable bonds is 6. The standard InChI is InChI=1S/C8H20N2O/c1-4-8(2)6-5-7-10(3)11-9/h8H,4-7,9H2,1-3H3. The van der Waals surface area contributed by atoms with Crippen molar-refractivity contribution in [3.05, 3.63) is 0 Å². The highest BCUT2D eigenvalue weighted by atomic mass is 16.8. The third-order valence-corrected chi connectivity index (χ3v) is 2.05. The van der Waals surface area contributed by atoms with Crippen molar-refractivity contribution in [2.75, 3.05) is 13.6 Å². The lowest BCUT2D eigenvalue weighted by atomic mass is 10.0. The summed E-state index contributed by atoms with van der Waals surface area (Å²) in [6.07, 6.45) is 3.67. The van der Waals surface area contributed by atoms with Gasteiger partial charge in [-0.3, -0.25) is 0 Å². The average Bonchev–Trinajstić information content (AvgIpc) is 2.04. The van der Waals surface area contributed by atoms with Gasteiger partial charge >= 0.3 is 0 Å². The maximum atomic E-state index is 4.95. The van der Waals surface area contributed by atoms with Crippen molar-refractivity contribution >= 4 is 0 Å². The van der Waals surface area contributed by atoms with Gasteiger partial charge < -0.3 is 0 Å². The Kier molecular flexibility index (Phi) is 6.51. The number of nitrogens with two attached hydrogens (primary N) is 1. The highest BCUT2D eigenvalue weighted by Gasteiger charge is 2.00. The van der Waals surface area contributed by atoms with E-state index >= 15 is 0 Å². The van der Waals surface area contributed by atoms with E-state index in [-0.39, 0.29) is 0 Å². The summed E-state index contributed by atoms with van der Waals surface area (Å²) in [6.45, 7) is 5.40. The van der Waals surface area contributed by atoms with Crippen molar-refractivity contribution in [2.45, 2.75) is 33.1 Å². The SMILES string of the molecule is CCC(C)CCCN(C)ON. The molecule has 3 nitrogen and oxygen atoms in total. The van der Waals surface area contributed by atoms with Crippen molar-refractivity contribution < 1.29 is 4.94 Å². The van der Waals surface area contributed by atoms with E-state index in [2.05, 4.69) is 18.8 Å². The van der Waals surface area contributed by atoms with Gasteiger partial charge in [0.2, 0.25) is 0 Å². The van der Waals surface area contributed by atoms with E-state index in [1.54, 1.807) is 5.06 Å². The molecule has 0 rings (SSSR count). The van der Waals surface area contributed by atoms with Gasteiger partial charge in [0.25, 0.3) is 0 Å². The smallest absolute Gasteiger partial charge is 0.0256 e. The van der Waals surface area contributed by atoms with Crippen molar-refractivity contribution in [1.29, 1.82) is 0 Å². The van der Waals surface area contributed by atoms with Crippen LogP contribution in [0.25, 0.3) is 0 Å². The number of hydrogen-bond donors (Lipinski definition) is 1. The normalized spacial score (nSPS) is 13.9. The first-order chi connectivity index (χ1) is 5.20. The van der Waals surface area contributed by atoms with Crippen LogP contribution in [-0.2, 0) is 4.94 Å². The van der Waals surface area contributed by atoms with Crippen LogP contribution in [0.15, 0.2) is 0 Å². The summed E-state index contributed by atoms with van der Waals surface area (Å²) in [4.78, 5) is 4.50. The molecule has 0 saturated carbocycles. The molecule has 0 bridgehead atoms.